The Morgan fingerprint density at radius 1 is 1.32 bits per heavy atom. The maximum Gasteiger partial charge on any atom is 0.243 e. The van der Waals surface area contributed by atoms with Crippen LogP contribution in [-0.2, 0) is 11.2 Å². The van der Waals surface area contributed by atoms with Crippen LogP contribution in [-0.4, -0.2) is 18.5 Å². The second-order valence-corrected chi connectivity index (χ2v) is 5.81. The van der Waals surface area contributed by atoms with E-state index in [4.69, 9.17) is 5.73 Å². The summed E-state index contributed by atoms with van der Waals surface area (Å²) >= 11 is 0. The number of aryl methyl sites for hydroxylation is 1. The summed E-state index contributed by atoms with van der Waals surface area (Å²) in [5.74, 6) is 0.518. The zero-order valence-corrected chi connectivity index (χ0v) is 11.9. The van der Waals surface area contributed by atoms with Crippen molar-refractivity contribution in [1.29, 1.82) is 0 Å². The molecule has 1 amide bonds. The largest absolute Gasteiger partial charge is 0.320 e. The molecular formula is C16H24N2O. The first-order chi connectivity index (χ1) is 9.09. The van der Waals surface area contributed by atoms with Gasteiger partial charge in [0.2, 0.25) is 5.91 Å². The Morgan fingerprint density at radius 3 is 2.79 bits per heavy atom. The Kier molecular flexibility index (Phi) is 4.59. The van der Waals surface area contributed by atoms with Crippen LogP contribution in [0.25, 0.3) is 0 Å². The van der Waals surface area contributed by atoms with Gasteiger partial charge in [-0.05, 0) is 43.2 Å². The zero-order chi connectivity index (χ0) is 13.8. The van der Waals surface area contributed by atoms with Crippen molar-refractivity contribution in [3.63, 3.8) is 0 Å². The molecule has 104 valence electrons. The summed E-state index contributed by atoms with van der Waals surface area (Å²) < 4.78 is 0. The normalized spacial score (nSPS) is 16.9. The van der Waals surface area contributed by atoms with Gasteiger partial charge < -0.3 is 10.6 Å². The van der Waals surface area contributed by atoms with Crippen LogP contribution in [0.5, 0.6) is 0 Å². The fraction of sp³-hybridized carbons (Fsp3) is 0.562. The lowest BCUT2D eigenvalue weighted by Gasteiger charge is -2.26. The van der Waals surface area contributed by atoms with Crippen molar-refractivity contribution in [3.8, 4) is 0 Å². The SMILES string of the molecule is CC(C)C[C@H](N)C(=O)N1CCCCc2ccccc21. The number of carbonyl (C=O) groups is 1. The van der Waals surface area contributed by atoms with E-state index in [1.165, 1.54) is 5.56 Å². The molecule has 1 aromatic rings. The van der Waals surface area contributed by atoms with Crippen LogP contribution in [0.3, 0.4) is 0 Å². The monoisotopic (exact) mass is 260 g/mol. The molecule has 1 heterocycles. The van der Waals surface area contributed by atoms with Gasteiger partial charge in [-0.1, -0.05) is 32.0 Å². The third-order valence-corrected chi connectivity index (χ3v) is 3.67. The van der Waals surface area contributed by atoms with Crippen molar-refractivity contribution in [3.05, 3.63) is 29.8 Å². The molecule has 3 nitrogen and oxygen atoms in total. The topological polar surface area (TPSA) is 46.3 Å². The molecule has 0 aliphatic carbocycles. The first-order valence-corrected chi connectivity index (χ1v) is 7.24. The number of fused-ring (bicyclic) bond motifs is 1. The number of amides is 1. The molecule has 0 radical (unpaired) electrons. The molecule has 0 spiro atoms. The van der Waals surface area contributed by atoms with Gasteiger partial charge in [0.1, 0.15) is 0 Å². The number of carbonyl (C=O) groups excluding carboxylic acids is 1. The molecule has 0 saturated heterocycles. The smallest absolute Gasteiger partial charge is 0.243 e. The summed E-state index contributed by atoms with van der Waals surface area (Å²) in [4.78, 5) is 14.4. The second kappa shape index (κ2) is 6.20. The summed E-state index contributed by atoms with van der Waals surface area (Å²) in [6, 6.07) is 7.82. The van der Waals surface area contributed by atoms with Crippen LogP contribution in [0.1, 0.15) is 38.7 Å². The van der Waals surface area contributed by atoms with Gasteiger partial charge in [0, 0.05) is 12.2 Å². The number of nitrogens with zero attached hydrogens (tertiary/aromatic N) is 1. The van der Waals surface area contributed by atoms with E-state index in [1.54, 1.807) is 0 Å². The molecule has 3 heteroatoms. The number of rotatable bonds is 3. The number of hydrogen-bond donors (Lipinski definition) is 1. The maximum atomic E-state index is 12.6. The highest BCUT2D eigenvalue weighted by atomic mass is 16.2. The maximum absolute atomic E-state index is 12.6. The van der Waals surface area contributed by atoms with Crippen molar-refractivity contribution in [2.75, 3.05) is 11.4 Å². The average Bonchev–Trinajstić information content (AvgIpc) is 2.59. The number of benzene rings is 1. The minimum Gasteiger partial charge on any atom is -0.320 e. The molecule has 0 bridgehead atoms. The van der Waals surface area contributed by atoms with E-state index in [2.05, 4.69) is 19.9 Å². The van der Waals surface area contributed by atoms with E-state index in [-0.39, 0.29) is 11.9 Å². The van der Waals surface area contributed by atoms with Crippen molar-refractivity contribution in [2.24, 2.45) is 11.7 Å². The minimum absolute atomic E-state index is 0.0723. The summed E-state index contributed by atoms with van der Waals surface area (Å²) in [5.41, 5.74) is 8.39. The van der Waals surface area contributed by atoms with Crippen LogP contribution in [0, 0.1) is 5.92 Å². The molecule has 0 unspecified atom stereocenters. The fourth-order valence-corrected chi connectivity index (χ4v) is 2.73. The Bertz CT molecular complexity index is 442. The van der Waals surface area contributed by atoms with E-state index >= 15 is 0 Å². The van der Waals surface area contributed by atoms with Crippen molar-refractivity contribution in [1.82, 2.24) is 0 Å². The highest BCUT2D eigenvalue weighted by molar-refractivity contribution is 5.97. The fourth-order valence-electron chi connectivity index (χ4n) is 2.73. The van der Waals surface area contributed by atoms with E-state index < -0.39 is 0 Å². The number of para-hydroxylation sites is 1. The van der Waals surface area contributed by atoms with Gasteiger partial charge in [-0.25, -0.2) is 0 Å². The summed E-state index contributed by atoms with van der Waals surface area (Å²) in [6.45, 7) is 4.99. The zero-order valence-electron chi connectivity index (χ0n) is 11.9. The average molecular weight is 260 g/mol. The standard InChI is InChI=1S/C16H24N2O/c1-12(2)11-14(17)16(19)18-10-6-5-8-13-7-3-4-9-15(13)18/h3-4,7,9,12,14H,5-6,8,10-11,17H2,1-2H3/t14-/m0/s1. The number of nitrogens with two attached hydrogens (primary N) is 1. The molecule has 1 aromatic carbocycles. The van der Waals surface area contributed by atoms with Gasteiger partial charge in [0.25, 0.3) is 0 Å². The highest BCUT2D eigenvalue weighted by Gasteiger charge is 2.25. The van der Waals surface area contributed by atoms with Crippen molar-refractivity contribution < 1.29 is 4.79 Å². The predicted molar refractivity (Wildman–Crippen MR) is 79.2 cm³/mol. The van der Waals surface area contributed by atoms with Gasteiger partial charge in [0.05, 0.1) is 6.04 Å². The van der Waals surface area contributed by atoms with E-state index in [9.17, 15) is 4.79 Å². The highest BCUT2D eigenvalue weighted by Crippen LogP contribution is 2.26. The molecular weight excluding hydrogens is 236 g/mol. The molecule has 2 N–H and O–H groups in total. The Labute approximate surface area is 115 Å². The lowest BCUT2D eigenvalue weighted by atomic mass is 10.0. The third-order valence-electron chi connectivity index (χ3n) is 3.67. The van der Waals surface area contributed by atoms with Crippen LogP contribution >= 0.6 is 0 Å². The Morgan fingerprint density at radius 2 is 2.05 bits per heavy atom. The van der Waals surface area contributed by atoms with Gasteiger partial charge in [-0.15, -0.1) is 0 Å². The molecule has 2 rings (SSSR count). The first kappa shape index (κ1) is 14.1. The van der Waals surface area contributed by atoms with Gasteiger partial charge in [-0.2, -0.15) is 0 Å². The predicted octanol–water partition coefficient (Wildman–Crippen LogP) is 2.73. The molecule has 1 aliphatic heterocycles. The van der Waals surface area contributed by atoms with Crippen LogP contribution in [0.15, 0.2) is 24.3 Å². The Hall–Kier alpha value is -1.35. The van der Waals surface area contributed by atoms with Gasteiger partial charge in [-0.3, -0.25) is 4.79 Å². The summed E-state index contributed by atoms with van der Waals surface area (Å²) in [6.07, 6.45) is 3.99. The Balaban J connectivity index is 2.21. The van der Waals surface area contributed by atoms with Crippen LogP contribution < -0.4 is 10.6 Å². The molecule has 1 aliphatic rings. The second-order valence-electron chi connectivity index (χ2n) is 5.81. The lowest BCUT2D eigenvalue weighted by molar-refractivity contribution is -0.120. The van der Waals surface area contributed by atoms with Crippen LogP contribution in [0.4, 0.5) is 5.69 Å². The molecule has 1 atom stereocenters. The first-order valence-electron chi connectivity index (χ1n) is 7.24. The van der Waals surface area contributed by atoms with Gasteiger partial charge in [0.15, 0.2) is 0 Å². The number of anilines is 1. The van der Waals surface area contributed by atoms with Crippen molar-refractivity contribution in [2.45, 2.75) is 45.6 Å². The van der Waals surface area contributed by atoms with Crippen LogP contribution in [0.2, 0.25) is 0 Å². The summed E-state index contributed by atoms with van der Waals surface area (Å²) in [7, 11) is 0. The van der Waals surface area contributed by atoms with E-state index in [0.717, 1.165) is 37.9 Å². The quantitative estimate of drug-likeness (QED) is 0.908. The van der Waals surface area contributed by atoms with E-state index in [0.29, 0.717) is 5.92 Å². The molecule has 19 heavy (non-hydrogen) atoms. The minimum atomic E-state index is -0.383. The summed E-state index contributed by atoms with van der Waals surface area (Å²) in [5, 5.41) is 0. The third kappa shape index (κ3) is 3.35. The van der Waals surface area contributed by atoms with Gasteiger partial charge >= 0.3 is 0 Å². The molecule has 0 fully saturated rings. The molecule has 0 aromatic heterocycles. The lowest BCUT2D eigenvalue weighted by Crippen LogP contribution is -2.45. The van der Waals surface area contributed by atoms with Crippen molar-refractivity contribution >= 4 is 11.6 Å². The number of hydrogen-bond acceptors (Lipinski definition) is 2. The molecule has 0 saturated carbocycles. The van der Waals surface area contributed by atoms with E-state index in [1.807, 2.05) is 23.1 Å².